The molecule has 12 heteroatoms. The highest BCUT2D eigenvalue weighted by molar-refractivity contribution is 7.91. The van der Waals surface area contributed by atoms with E-state index in [2.05, 4.69) is 20.2 Å². The number of hydrogen-bond acceptors (Lipinski definition) is 8. The number of rotatable bonds is 9. The number of benzene rings is 1. The van der Waals surface area contributed by atoms with E-state index in [0.29, 0.717) is 33.1 Å². The number of sulfone groups is 1. The zero-order chi connectivity index (χ0) is 23.5. The van der Waals surface area contributed by atoms with Gasteiger partial charge in [0.05, 0.1) is 28.1 Å². The third kappa shape index (κ3) is 5.20. The third-order valence-corrected chi connectivity index (χ3v) is 7.83. The molecule has 0 aliphatic heterocycles. The summed E-state index contributed by atoms with van der Waals surface area (Å²) in [7, 11) is -0.640. The Morgan fingerprint density at radius 2 is 1.72 bits per heavy atom. The minimum atomic E-state index is -3.68. The molecule has 32 heavy (non-hydrogen) atoms. The van der Waals surface area contributed by atoms with Crippen LogP contribution in [0.1, 0.15) is 37.2 Å². The Hall–Kier alpha value is -2.27. The first kappa shape index (κ1) is 24.4. The SMILES string of the molecule is COCc1nnc(CS(=O)(=O)[C@@H](C)[C@H](C)c2ncc(Cl)cn2)n1-c1cc(OC)ccc1Cl. The molecule has 2 heterocycles. The van der Waals surface area contributed by atoms with Gasteiger partial charge < -0.3 is 9.47 Å². The largest absolute Gasteiger partial charge is 0.497 e. The van der Waals surface area contributed by atoms with E-state index >= 15 is 0 Å². The maximum absolute atomic E-state index is 13.3. The van der Waals surface area contributed by atoms with E-state index in [1.54, 1.807) is 36.6 Å². The van der Waals surface area contributed by atoms with Crippen molar-refractivity contribution in [3.8, 4) is 11.4 Å². The van der Waals surface area contributed by atoms with Gasteiger partial charge in [0.25, 0.3) is 0 Å². The van der Waals surface area contributed by atoms with Crippen LogP contribution >= 0.6 is 23.2 Å². The minimum Gasteiger partial charge on any atom is -0.497 e. The van der Waals surface area contributed by atoms with Gasteiger partial charge >= 0.3 is 0 Å². The Labute approximate surface area is 196 Å². The first-order valence-corrected chi connectivity index (χ1v) is 12.1. The summed E-state index contributed by atoms with van der Waals surface area (Å²) < 4.78 is 38.7. The highest BCUT2D eigenvalue weighted by Gasteiger charge is 2.32. The van der Waals surface area contributed by atoms with Crippen LogP contribution in [0.2, 0.25) is 10.0 Å². The van der Waals surface area contributed by atoms with Crippen LogP contribution < -0.4 is 4.74 Å². The van der Waals surface area contributed by atoms with Gasteiger partial charge in [0.15, 0.2) is 21.5 Å². The Bertz CT molecular complexity index is 1190. The molecule has 0 saturated heterocycles. The fourth-order valence-electron chi connectivity index (χ4n) is 3.13. The normalized spacial score (nSPS) is 13.7. The van der Waals surface area contributed by atoms with Gasteiger partial charge in [0, 0.05) is 31.5 Å². The van der Waals surface area contributed by atoms with Gasteiger partial charge in [-0.15, -0.1) is 10.2 Å². The zero-order valence-electron chi connectivity index (χ0n) is 18.0. The van der Waals surface area contributed by atoms with Crippen LogP contribution in [0, 0.1) is 0 Å². The monoisotopic (exact) mass is 499 g/mol. The van der Waals surface area contributed by atoms with Crippen molar-refractivity contribution < 1.29 is 17.9 Å². The molecule has 0 bridgehead atoms. The van der Waals surface area contributed by atoms with Gasteiger partial charge in [-0.1, -0.05) is 30.1 Å². The van der Waals surface area contributed by atoms with Crippen molar-refractivity contribution in [2.45, 2.75) is 37.4 Å². The second kappa shape index (κ2) is 10.1. The van der Waals surface area contributed by atoms with Gasteiger partial charge in [-0.3, -0.25) is 4.57 Å². The van der Waals surface area contributed by atoms with E-state index in [0.717, 1.165) is 0 Å². The van der Waals surface area contributed by atoms with Crippen LogP contribution in [0.25, 0.3) is 5.69 Å². The maximum Gasteiger partial charge on any atom is 0.163 e. The van der Waals surface area contributed by atoms with Crippen molar-refractivity contribution in [2.75, 3.05) is 14.2 Å². The molecule has 2 aromatic heterocycles. The summed E-state index contributed by atoms with van der Waals surface area (Å²) in [4.78, 5) is 8.31. The summed E-state index contributed by atoms with van der Waals surface area (Å²) in [5, 5.41) is 8.22. The lowest BCUT2D eigenvalue weighted by Gasteiger charge is -2.19. The van der Waals surface area contributed by atoms with Crippen molar-refractivity contribution in [1.82, 2.24) is 24.7 Å². The lowest BCUT2D eigenvalue weighted by Crippen LogP contribution is -2.27. The fraction of sp³-hybridized carbons (Fsp3) is 0.400. The first-order valence-electron chi connectivity index (χ1n) is 9.63. The summed E-state index contributed by atoms with van der Waals surface area (Å²) in [5.41, 5.74) is 0.495. The summed E-state index contributed by atoms with van der Waals surface area (Å²) in [6.07, 6.45) is 2.89. The summed E-state index contributed by atoms with van der Waals surface area (Å²) >= 11 is 12.3. The van der Waals surface area contributed by atoms with Crippen molar-refractivity contribution in [3.63, 3.8) is 0 Å². The lowest BCUT2D eigenvalue weighted by atomic mass is 10.1. The van der Waals surface area contributed by atoms with Crippen LogP contribution in [0.4, 0.5) is 0 Å². The molecule has 0 aliphatic rings. The van der Waals surface area contributed by atoms with E-state index in [4.69, 9.17) is 32.7 Å². The predicted octanol–water partition coefficient (Wildman–Crippen LogP) is 3.63. The lowest BCUT2D eigenvalue weighted by molar-refractivity contribution is 0.176. The molecule has 9 nitrogen and oxygen atoms in total. The van der Waals surface area contributed by atoms with E-state index in [-0.39, 0.29) is 18.2 Å². The summed E-state index contributed by atoms with van der Waals surface area (Å²) in [5.74, 6) is 0.737. The Morgan fingerprint density at radius 1 is 1.06 bits per heavy atom. The molecule has 0 aliphatic carbocycles. The van der Waals surface area contributed by atoms with Crippen molar-refractivity contribution in [2.24, 2.45) is 0 Å². The molecular weight excluding hydrogens is 477 g/mol. The molecule has 3 aromatic rings. The molecule has 1 aromatic carbocycles. The van der Waals surface area contributed by atoms with Crippen LogP contribution in [-0.2, 0) is 26.9 Å². The number of nitrogens with zero attached hydrogens (tertiary/aromatic N) is 5. The molecule has 0 spiro atoms. The highest BCUT2D eigenvalue weighted by Crippen LogP contribution is 2.30. The predicted molar refractivity (Wildman–Crippen MR) is 121 cm³/mol. The van der Waals surface area contributed by atoms with Crippen LogP contribution in [0.3, 0.4) is 0 Å². The van der Waals surface area contributed by atoms with E-state index in [1.807, 2.05) is 0 Å². The van der Waals surface area contributed by atoms with Gasteiger partial charge in [-0.2, -0.15) is 0 Å². The van der Waals surface area contributed by atoms with Crippen LogP contribution in [0.5, 0.6) is 5.75 Å². The van der Waals surface area contributed by atoms with Gasteiger partial charge in [0.2, 0.25) is 0 Å². The Kier molecular flexibility index (Phi) is 7.71. The first-order chi connectivity index (χ1) is 15.2. The summed E-state index contributed by atoms with van der Waals surface area (Å²) in [6, 6.07) is 5.06. The van der Waals surface area contributed by atoms with Crippen molar-refractivity contribution in [1.29, 1.82) is 0 Å². The molecule has 0 amide bonds. The average Bonchev–Trinajstić information content (AvgIpc) is 3.15. The molecule has 172 valence electrons. The van der Waals surface area contributed by atoms with Gasteiger partial charge in [-0.25, -0.2) is 18.4 Å². The van der Waals surface area contributed by atoms with Crippen molar-refractivity contribution >= 4 is 33.0 Å². The standard InChI is InChI=1S/C20H23Cl2N5O4S/c1-12(20-23-8-14(21)9-24-20)13(2)32(28,29)11-19-26-25-18(10-30-3)27(19)17-7-15(31-4)5-6-16(17)22/h5-9,12-13H,10-11H2,1-4H3/t12-,13-/m0/s1. The maximum atomic E-state index is 13.3. The average molecular weight is 500 g/mol. The van der Waals surface area contributed by atoms with E-state index in [1.165, 1.54) is 26.6 Å². The molecule has 0 unspecified atom stereocenters. The second-order valence-electron chi connectivity index (χ2n) is 7.18. The fourth-order valence-corrected chi connectivity index (χ4v) is 4.98. The van der Waals surface area contributed by atoms with Crippen molar-refractivity contribution in [3.05, 3.63) is 58.1 Å². The van der Waals surface area contributed by atoms with Gasteiger partial charge in [-0.05, 0) is 19.1 Å². The molecule has 2 atom stereocenters. The van der Waals surface area contributed by atoms with Gasteiger partial charge in [0.1, 0.15) is 23.9 Å². The minimum absolute atomic E-state index is 0.116. The number of methoxy groups -OCH3 is 2. The summed E-state index contributed by atoms with van der Waals surface area (Å²) in [6.45, 7) is 3.49. The molecule has 0 saturated carbocycles. The second-order valence-corrected chi connectivity index (χ2v) is 10.4. The smallest absolute Gasteiger partial charge is 0.163 e. The molecule has 3 rings (SSSR count). The van der Waals surface area contributed by atoms with Crippen LogP contribution in [-0.4, -0.2) is 52.6 Å². The number of hydrogen-bond donors (Lipinski definition) is 0. The number of halogens is 2. The highest BCUT2D eigenvalue weighted by atomic mass is 35.5. The number of ether oxygens (including phenoxy) is 2. The molecule has 0 radical (unpaired) electrons. The van der Waals surface area contributed by atoms with E-state index in [9.17, 15) is 8.42 Å². The quantitative estimate of drug-likeness (QED) is 0.438. The van der Waals surface area contributed by atoms with Crippen LogP contribution in [0.15, 0.2) is 30.6 Å². The Morgan fingerprint density at radius 3 is 2.34 bits per heavy atom. The number of aromatic nitrogens is 5. The Balaban J connectivity index is 1.98. The molecule has 0 N–H and O–H groups in total. The third-order valence-electron chi connectivity index (χ3n) is 5.11. The van der Waals surface area contributed by atoms with E-state index < -0.39 is 21.0 Å². The zero-order valence-corrected chi connectivity index (χ0v) is 20.3. The molecular formula is C20H23Cl2N5O4S. The molecule has 0 fully saturated rings. The topological polar surface area (TPSA) is 109 Å².